The van der Waals surface area contributed by atoms with Gasteiger partial charge in [0.1, 0.15) is 18.4 Å². The van der Waals surface area contributed by atoms with Gasteiger partial charge >= 0.3 is 0 Å². The maximum atomic E-state index is 13.8. The lowest BCUT2D eigenvalue weighted by Crippen LogP contribution is -2.58. The normalized spacial score (nSPS) is 17.2. The first-order chi connectivity index (χ1) is 20.6. The van der Waals surface area contributed by atoms with Gasteiger partial charge in [-0.1, -0.05) is 84.3 Å². The van der Waals surface area contributed by atoms with E-state index < -0.39 is 41.9 Å². The SMILES string of the molecule is CCCCCCCCC=CCCCCCCCC(=O)N(C(=O)[C@@H]1CCCN1C(=O)[C@H](C)NC(=O)[C@H](C)N)[C@H](C=O)C(C)C. The summed E-state index contributed by atoms with van der Waals surface area (Å²) in [6.07, 6.45) is 21.4. The highest BCUT2D eigenvalue weighted by Gasteiger charge is 2.42. The number of imide groups is 1. The third-order valence-electron chi connectivity index (χ3n) is 8.24. The van der Waals surface area contributed by atoms with Crippen LogP contribution >= 0.6 is 0 Å². The Morgan fingerprint density at radius 3 is 1.98 bits per heavy atom. The van der Waals surface area contributed by atoms with E-state index in [-0.39, 0.29) is 18.2 Å². The molecule has 3 N–H and O–H groups in total. The number of aldehydes is 1. The molecule has 0 aromatic heterocycles. The Kier molecular flexibility index (Phi) is 19.7. The quantitative estimate of drug-likeness (QED) is 0.0961. The van der Waals surface area contributed by atoms with Crippen molar-refractivity contribution in [3.63, 3.8) is 0 Å². The fraction of sp³-hybridized carbons (Fsp3) is 0.794. The summed E-state index contributed by atoms with van der Waals surface area (Å²) in [5.41, 5.74) is 5.61. The summed E-state index contributed by atoms with van der Waals surface area (Å²) >= 11 is 0. The molecular formula is C34H60N4O5. The van der Waals surface area contributed by atoms with Gasteiger partial charge in [0.2, 0.25) is 17.7 Å². The number of nitrogens with one attached hydrogen (secondary N) is 1. The number of rotatable bonds is 22. The molecule has 0 saturated carbocycles. The van der Waals surface area contributed by atoms with Gasteiger partial charge < -0.3 is 20.7 Å². The van der Waals surface area contributed by atoms with Crippen LogP contribution in [0.2, 0.25) is 0 Å². The molecule has 0 unspecified atom stereocenters. The van der Waals surface area contributed by atoms with Crippen molar-refractivity contribution >= 4 is 29.9 Å². The zero-order valence-electron chi connectivity index (χ0n) is 27.7. The molecule has 1 aliphatic heterocycles. The van der Waals surface area contributed by atoms with Crippen LogP contribution < -0.4 is 11.1 Å². The molecule has 1 rings (SSSR count). The van der Waals surface area contributed by atoms with E-state index in [0.29, 0.717) is 32.1 Å². The van der Waals surface area contributed by atoms with E-state index in [0.717, 1.165) is 43.4 Å². The van der Waals surface area contributed by atoms with E-state index in [9.17, 15) is 24.0 Å². The van der Waals surface area contributed by atoms with Gasteiger partial charge in [0, 0.05) is 13.0 Å². The van der Waals surface area contributed by atoms with Crippen LogP contribution in [0.5, 0.6) is 0 Å². The molecule has 0 aromatic rings. The molecule has 1 fully saturated rings. The Morgan fingerprint density at radius 2 is 1.44 bits per heavy atom. The summed E-state index contributed by atoms with van der Waals surface area (Å²) < 4.78 is 0. The largest absolute Gasteiger partial charge is 0.343 e. The third kappa shape index (κ3) is 14.2. The molecule has 0 aliphatic carbocycles. The fourth-order valence-corrected chi connectivity index (χ4v) is 5.52. The van der Waals surface area contributed by atoms with Crippen molar-refractivity contribution in [2.45, 2.75) is 162 Å². The summed E-state index contributed by atoms with van der Waals surface area (Å²) in [4.78, 5) is 66.9. The monoisotopic (exact) mass is 604 g/mol. The first-order valence-electron chi connectivity index (χ1n) is 16.9. The number of hydrogen-bond donors (Lipinski definition) is 2. The number of nitrogens with zero attached hydrogens (tertiary/aromatic N) is 2. The van der Waals surface area contributed by atoms with Gasteiger partial charge in [0.15, 0.2) is 0 Å². The topological polar surface area (TPSA) is 130 Å². The van der Waals surface area contributed by atoms with Crippen molar-refractivity contribution in [3.05, 3.63) is 12.2 Å². The van der Waals surface area contributed by atoms with Crippen LogP contribution in [0.15, 0.2) is 12.2 Å². The van der Waals surface area contributed by atoms with E-state index in [1.54, 1.807) is 20.8 Å². The maximum absolute atomic E-state index is 13.8. The van der Waals surface area contributed by atoms with Crippen LogP contribution in [0.4, 0.5) is 0 Å². The molecular weight excluding hydrogens is 544 g/mol. The molecule has 1 aliphatic rings. The number of likely N-dealkylation sites (tertiary alicyclic amines) is 1. The van der Waals surface area contributed by atoms with Gasteiger partial charge in [-0.05, 0) is 64.7 Å². The van der Waals surface area contributed by atoms with Crippen molar-refractivity contribution < 1.29 is 24.0 Å². The van der Waals surface area contributed by atoms with E-state index in [1.807, 2.05) is 0 Å². The number of unbranched alkanes of at least 4 members (excludes halogenated alkanes) is 11. The fourth-order valence-electron chi connectivity index (χ4n) is 5.52. The lowest BCUT2D eigenvalue weighted by Gasteiger charge is -2.34. The molecule has 9 nitrogen and oxygen atoms in total. The van der Waals surface area contributed by atoms with E-state index >= 15 is 0 Å². The first-order valence-corrected chi connectivity index (χ1v) is 16.9. The van der Waals surface area contributed by atoms with Crippen molar-refractivity contribution in [2.75, 3.05) is 6.54 Å². The van der Waals surface area contributed by atoms with Crippen molar-refractivity contribution in [1.29, 1.82) is 0 Å². The zero-order valence-corrected chi connectivity index (χ0v) is 27.7. The van der Waals surface area contributed by atoms with Crippen molar-refractivity contribution in [2.24, 2.45) is 11.7 Å². The number of amides is 4. The van der Waals surface area contributed by atoms with E-state index in [4.69, 9.17) is 5.73 Å². The van der Waals surface area contributed by atoms with Crippen LogP contribution in [0.1, 0.15) is 137 Å². The molecule has 9 heteroatoms. The minimum atomic E-state index is -0.893. The Morgan fingerprint density at radius 1 is 0.884 bits per heavy atom. The molecule has 0 bridgehead atoms. The molecule has 0 spiro atoms. The highest BCUT2D eigenvalue weighted by atomic mass is 16.2. The maximum Gasteiger partial charge on any atom is 0.252 e. The lowest BCUT2D eigenvalue weighted by molar-refractivity contribution is -0.156. The molecule has 4 atom stereocenters. The summed E-state index contributed by atoms with van der Waals surface area (Å²) in [6.45, 7) is 9.28. The second-order valence-electron chi connectivity index (χ2n) is 12.5. The summed E-state index contributed by atoms with van der Waals surface area (Å²) in [5.74, 6) is -2.00. The molecule has 0 radical (unpaired) electrons. The number of allylic oxidation sites excluding steroid dienone is 2. The van der Waals surface area contributed by atoms with Crippen LogP contribution in [0.3, 0.4) is 0 Å². The van der Waals surface area contributed by atoms with E-state index in [2.05, 4.69) is 24.4 Å². The number of hydrogen-bond acceptors (Lipinski definition) is 6. The van der Waals surface area contributed by atoms with Crippen LogP contribution in [0.25, 0.3) is 0 Å². The van der Waals surface area contributed by atoms with E-state index in [1.165, 1.54) is 50.3 Å². The summed E-state index contributed by atoms with van der Waals surface area (Å²) in [7, 11) is 0. The summed E-state index contributed by atoms with van der Waals surface area (Å²) in [6, 6.07) is -3.37. The third-order valence-corrected chi connectivity index (χ3v) is 8.24. The predicted octanol–water partition coefficient (Wildman–Crippen LogP) is 5.45. The van der Waals surface area contributed by atoms with Gasteiger partial charge in [-0.3, -0.25) is 24.1 Å². The molecule has 246 valence electrons. The van der Waals surface area contributed by atoms with Crippen LogP contribution in [0, 0.1) is 5.92 Å². The van der Waals surface area contributed by atoms with Gasteiger partial charge in [-0.15, -0.1) is 0 Å². The highest BCUT2D eigenvalue weighted by molar-refractivity contribution is 6.02. The minimum absolute atomic E-state index is 0.183. The lowest BCUT2D eigenvalue weighted by atomic mass is 10.0. The average molecular weight is 605 g/mol. The smallest absolute Gasteiger partial charge is 0.252 e. The second-order valence-corrected chi connectivity index (χ2v) is 12.5. The molecule has 43 heavy (non-hydrogen) atoms. The molecule has 4 amide bonds. The van der Waals surface area contributed by atoms with Crippen LogP contribution in [-0.4, -0.2) is 70.4 Å². The standard InChI is InChI=1S/C34H60N4O5/c1-6-7-8-9-10-11-12-13-14-15-16-17-18-19-20-23-31(40)38(30(25-39)26(2)3)34(43)29-22-21-24-37(29)33(42)28(5)36-32(41)27(4)35/h13-14,25-30H,6-12,15-24,35H2,1-5H3,(H,36,41)/t27-,28-,29-,30+/m0/s1. The molecule has 0 aromatic carbocycles. The first kappa shape index (κ1) is 38.5. The number of nitrogens with two attached hydrogens (primary N) is 1. The average Bonchev–Trinajstić information content (AvgIpc) is 3.46. The van der Waals surface area contributed by atoms with Gasteiger partial charge in [-0.25, -0.2) is 0 Å². The predicted molar refractivity (Wildman–Crippen MR) is 172 cm³/mol. The molecule has 1 heterocycles. The van der Waals surface area contributed by atoms with Gasteiger partial charge in [0.05, 0.1) is 12.1 Å². The number of carbonyl (C=O) groups is 5. The number of carbonyl (C=O) groups excluding carboxylic acids is 5. The van der Waals surface area contributed by atoms with Gasteiger partial charge in [-0.2, -0.15) is 0 Å². The molecule has 1 saturated heterocycles. The summed E-state index contributed by atoms with van der Waals surface area (Å²) in [5, 5.41) is 2.58. The Labute approximate surface area is 260 Å². The Balaban J connectivity index is 2.59. The van der Waals surface area contributed by atoms with Gasteiger partial charge in [0.25, 0.3) is 5.91 Å². The Bertz CT molecular complexity index is 888. The van der Waals surface area contributed by atoms with Crippen molar-refractivity contribution in [3.8, 4) is 0 Å². The second kappa shape index (κ2) is 22.0. The highest BCUT2D eigenvalue weighted by Crippen LogP contribution is 2.24. The zero-order chi connectivity index (χ0) is 32.2. The minimum Gasteiger partial charge on any atom is -0.343 e. The Hall–Kier alpha value is -2.55. The van der Waals surface area contributed by atoms with Crippen molar-refractivity contribution in [1.82, 2.24) is 15.1 Å². The van der Waals surface area contributed by atoms with Crippen LogP contribution in [-0.2, 0) is 24.0 Å².